The van der Waals surface area contributed by atoms with Crippen molar-refractivity contribution in [2.45, 2.75) is 46.8 Å². The molecule has 4 heterocycles. The fourth-order valence-electron chi connectivity index (χ4n) is 3.21. The monoisotopic (exact) mass is 478 g/mol. The van der Waals surface area contributed by atoms with E-state index in [0.717, 1.165) is 22.5 Å². The molecular formula is C24H26N6O3S. The van der Waals surface area contributed by atoms with Crippen LogP contribution in [0.5, 0.6) is 0 Å². The Bertz CT molecular complexity index is 1290. The van der Waals surface area contributed by atoms with Gasteiger partial charge in [0.05, 0.1) is 22.8 Å². The summed E-state index contributed by atoms with van der Waals surface area (Å²) in [5.41, 5.74) is 4.71. The molecule has 9 nitrogen and oxygen atoms in total. The molecule has 4 aromatic heterocycles. The lowest BCUT2D eigenvalue weighted by Crippen LogP contribution is -2.27. The zero-order valence-electron chi connectivity index (χ0n) is 19.7. The van der Waals surface area contributed by atoms with Gasteiger partial charge in [0.1, 0.15) is 11.3 Å². The van der Waals surface area contributed by atoms with Crippen LogP contribution >= 0.6 is 11.3 Å². The molecule has 10 heteroatoms. The van der Waals surface area contributed by atoms with Gasteiger partial charge in [-0.2, -0.15) is 11.3 Å². The lowest BCUT2D eigenvalue weighted by Gasteiger charge is -2.20. The van der Waals surface area contributed by atoms with Crippen LogP contribution in [0, 0.1) is 13.8 Å². The van der Waals surface area contributed by atoms with Crippen LogP contribution in [-0.4, -0.2) is 31.8 Å². The highest BCUT2D eigenvalue weighted by Gasteiger charge is 2.20. The van der Waals surface area contributed by atoms with Crippen LogP contribution in [-0.2, 0) is 11.3 Å². The summed E-state index contributed by atoms with van der Waals surface area (Å²) in [6.07, 6.45) is 1.20. The van der Waals surface area contributed by atoms with Crippen molar-refractivity contribution < 1.29 is 14.1 Å². The van der Waals surface area contributed by atoms with Crippen LogP contribution in [0.1, 0.15) is 37.7 Å². The SMILES string of the molecule is Cc1nc(-c2onc(C)c2CNc2nccc(-c3ccsc3)n2)ccc1NC(=O)OC(C)(C)C. The van der Waals surface area contributed by atoms with Gasteiger partial charge in [0.25, 0.3) is 0 Å². The van der Waals surface area contributed by atoms with Crippen molar-refractivity contribution in [1.82, 2.24) is 20.1 Å². The molecule has 0 spiro atoms. The molecule has 0 bridgehead atoms. The van der Waals surface area contributed by atoms with Crippen molar-refractivity contribution in [3.8, 4) is 22.7 Å². The minimum absolute atomic E-state index is 0.413. The number of carbonyl (C=O) groups is 1. The molecule has 0 aliphatic carbocycles. The summed E-state index contributed by atoms with van der Waals surface area (Å²) in [5, 5.41) is 14.2. The number of anilines is 2. The predicted molar refractivity (Wildman–Crippen MR) is 132 cm³/mol. The van der Waals surface area contributed by atoms with E-state index in [1.807, 2.05) is 50.6 Å². The normalized spacial score (nSPS) is 11.3. The number of carbonyl (C=O) groups excluding carboxylic acids is 1. The number of hydrogen-bond acceptors (Lipinski definition) is 9. The highest BCUT2D eigenvalue weighted by molar-refractivity contribution is 7.08. The van der Waals surface area contributed by atoms with E-state index >= 15 is 0 Å². The molecule has 2 N–H and O–H groups in total. The van der Waals surface area contributed by atoms with E-state index in [0.29, 0.717) is 35.3 Å². The number of pyridine rings is 1. The van der Waals surface area contributed by atoms with Crippen molar-refractivity contribution >= 4 is 29.1 Å². The van der Waals surface area contributed by atoms with E-state index in [1.54, 1.807) is 36.6 Å². The van der Waals surface area contributed by atoms with E-state index in [2.05, 4.69) is 30.7 Å². The molecule has 0 aliphatic rings. The number of ether oxygens (including phenoxy) is 1. The Labute approximate surface area is 201 Å². The summed E-state index contributed by atoms with van der Waals surface area (Å²) in [6, 6.07) is 7.44. The highest BCUT2D eigenvalue weighted by Crippen LogP contribution is 2.28. The van der Waals surface area contributed by atoms with Crippen LogP contribution < -0.4 is 10.6 Å². The molecule has 0 radical (unpaired) electrons. The van der Waals surface area contributed by atoms with Crippen LogP contribution in [0.4, 0.5) is 16.4 Å². The topological polar surface area (TPSA) is 115 Å². The molecule has 34 heavy (non-hydrogen) atoms. The van der Waals surface area contributed by atoms with Gasteiger partial charge in [-0.05, 0) is 64.3 Å². The number of aryl methyl sites for hydroxylation is 2. The first-order valence-corrected chi connectivity index (χ1v) is 11.7. The lowest BCUT2D eigenvalue weighted by atomic mass is 10.1. The van der Waals surface area contributed by atoms with Crippen LogP contribution in [0.3, 0.4) is 0 Å². The molecule has 0 aliphatic heterocycles. The summed E-state index contributed by atoms with van der Waals surface area (Å²) in [6.45, 7) is 9.53. The van der Waals surface area contributed by atoms with Gasteiger partial charge in [0.15, 0.2) is 5.76 Å². The van der Waals surface area contributed by atoms with Gasteiger partial charge in [-0.15, -0.1) is 0 Å². The van der Waals surface area contributed by atoms with E-state index in [1.165, 1.54) is 0 Å². The Morgan fingerprint density at radius 3 is 2.62 bits per heavy atom. The number of amides is 1. The van der Waals surface area contributed by atoms with Gasteiger partial charge < -0.3 is 14.6 Å². The number of rotatable bonds is 6. The summed E-state index contributed by atoms with van der Waals surface area (Å²) in [5.74, 6) is 1.06. The summed E-state index contributed by atoms with van der Waals surface area (Å²) < 4.78 is 10.9. The Hall–Kier alpha value is -3.79. The zero-order valence-corrected chi connectivity index (χ0v) is 20.5. The molecule has 0 fully saturated rings. The first-order valence-electron chi connectivity index (χ1n) is 10.7. The summed E-state index contributed by atoms with van der Waals surface area (Å²) in [7, 11) is 0. The third kappa shape index (κ3) is 5.57. The zero-order chi connectivity index (χ0) is 24.3. The molecule has 0 saturated carbocycles. The van der Waals surface area contributed by atoms with Crippen molar-refractivity contribution in [3.05, 3.63) is 58.2 Å². The Morgan fingerprint density at radius 2 is 1.91 bits per heavy atom. The molecule has 4 aromatic rings. The second-order valence-electron chi connectivity index (χ2n) is 8.66. The largest absolute Gasteiger partial charge is 0.444 e. The van der Waals surface area contributed by atoms with E-state index < -0.39 is 11.7 Å². The van der Waals surface area contributed by atoms with Gasteiger partial charge in [-0.1, -0.05) is 5.16 Å². The number of hydrogen-bond donors (Lipinski definition) is 2. The molecule has 0 saturated heterocycles. The maximum Gasteiger partial charge on any atom is 0.412 e. The average molecular weight is 479 g/mol. The predicted octanol–water partition coefficient (Wildman–Crippen LogP) is 5.83. The maximum atomic E-state index is 12.1. The first-order chi connectivity index (χ1) is 16.2. The van der Waals surface area contributed by atoms with Crippen LogP contribution in [0.15, 0.2) is 45.7 Å². The number of thiophene rings is 1. The summed E-state index contributed by atoms with van der Waals surface area (Å²) >= 11 is 1.62. The minimum Gasteiger partial charge on any atom is -0.444 e. The Kier molecular flexibility index (Phi) is 6.60. The molecule has 0 unspecified atom stereocenters. The van der Waals surface area contributed by atoms with E-state index in [4.69, 9.17) is 9.26 Å². The van der Waals surface area contributed by atoms with Crippen molar-refractivity contribution in [1.29, 1.82) is 0 Å². The van der Waals surface area contributed by atoms with Gasteiger partial charge in [0, 0.05) is 29.2 Å². The van der Waals surface area contributed by atoms with Crippen molar-refractivity contribution in [3.63, 3.8) is 0 Å². The minimum atomic E-state index is -0.586. The van der Waals surface area contributed by atoms with Gasteiger partial charge >= 0.3 is 6.09 Å². The first kappa shape index (κ1) is 23.4. The third-order valence-electron chi connectivity index (χ3n) is 4.83. The quantitative estimate of drug-likeness (QED) is 0.356. The summed E-state index contributed by atoms with van der Waals surface area (Å²) in [4.78, 5) is 25.6. The lowest BCUT2D eigenvalue weighted by molar-refractivity contribution is 0.0635. The fourth-order valence-corrected chi connectivity index (χ4v) is 3.86. The van der Waals surface area contributed by atoms with Crippen molar-refractivity contribution in [2.24, 2.45) is 0 Å². The maximum absolute atomic E-state index is 12.1. The van der Waals surface area contributed by atoms with Crippen LogP contribution in [0.25, 0.3) is 22.7 Å². The van der Waals surface area contributed by atoms with Gasteiger partial charge in [-0.3, -0.25) is 5.32 Å². The molecular weight excluding hydrogens is 452 g/mol. The highest BCUT2D eigenvalue weighted by atomic mass is 32.1. The van der Waals surface area contributed by atoms with Crippen molar-refractivity contribution in [2.75, 3.05) is 10.6 Å². The third-order valence-corrected chi connectivity index (χ3v) is 5.52. The van der Waals surface area contributed by atoms with Crippen LogP contribution in [0.2, 0.25) is 0 Å². The number of nitrogens with zero attached hydrogens (tertiary/aromatic N) is 4. The molecule has 1 amide bonds. The molecule has 0 atom stereocenters. The van der Waals surface area contributed by atoms with E-state index in [9.17, 15) is 4.79 Å². The average Bonchev–Trinajstić information content (AvgIpc) is 3.43. The van der Waals surface area contributed by atoms with Gasteiger partial charge in [-0.25, -0.2) is 19.7 Å². The standard InChI is InChI=1S/C24H26N6O3S/c1-14-17(12-26-22-25-10-8-19(28-22)16-9-11-34-13-16)21(33-30-14)20-7-6-18(15(2)27-20)29-23(31)32-24(3,4)5/h6-11,13H,12H2,1-5H3,(H,29,31)(H,25,26,28). The number of aromatic nitrogens is 4. The molecule has 4 rings (SSSR count). The Morgan fingerprint density at radius 1 is 1.09 bits per heavy atom. The van der Waals surface area contributed by atoms with E-state index in [-0.39, 0.29) is 0 Å². The second kappa shape index (κ2) is 9.60. The second-order valence-corrected chi connectivity index (χ2v) is 9.44. The smallest absolute Gasteiger partial charge is 0.412 e. The molecule has 0 aromatic carbocycles. The molecule has 176 valence electrons. The number of nitrogens with one attached hydrogen (secondary N) is 2. The Balaban J connectivity index is 1.50. The fraction of sp³-hybridized carbons (Fsp3) is 0.292. The van der Waals surface area contributed by atoms with Gasteiger partial charge in [0.2, 0.25) is 5.95 Å².